The van der Waals surface area contributed by atoms with E-state index in [4.69, 9.17) is 9.84 Å². The topological polar surface area (TPSA) is 83.8 Å². The van der Waals surface area contributed by atoms with E-state index in [2.05, 4.69) is 15.9 Å². The third-order valence-corrected chi connectivity index (χ3v) is 3.44. The van der Waals surface area contributed by atoms with E-state index in [0.717, 1.165) is 5.56 Å². The van der Waals surface area contributed by atoms with E-state index in [9.17, 15) is 14.7 Å². The Bertz CT molecular complexity index is 486. The van der Waals surface area contributed by atoms with E-state index in [0.29, 0.717) is 29.5 Å². The van der Waals surface area contributed by atoms with Crippen LogP contribution in [0.2, 0.25) is 0 Å². The molecule has 0 saturated heterocycles. The highest BCUT2D eigenvalue weighted by atomic mass is 79.9. The maximum atomic E-state index is 11.4. The first-order valence-electron chi connectivity index (χ1n) is 6.23. The van der Waals surface area contributed by atoms with E-state index >= 15 is 0 Å². The van der Waals surface area contributed by atoms with Gasteiger partial charge in [-0.05, 0) is 30.0 Å². The molecule has 110 valence electrons. The second-order valence-electron chi connectivity index (χ2n) is 4.21. The average molecular weight is 345 g/mol. The molecule has 5 nitrogen and oxygen atoms in total. The number of hydrogen-bond donors (Lipinski definition) is 2. The van der Waals surface area contributed by atoms with Gasteiger partial charge < -0.3 is 14.9 Å². The summed E-state index contributed by atoms with van der Waals surface area (Å²) in [5.41, 5.74) is 1.90. The van der Waals surface area contributed by atoms with Crippen LogP contribution in [0.15, 0.2) is 18.2 Å². The lowest BCUT2D eigenvalue weighted by molar-refractivity contribution is -0.147. The number of halogens is 1. The zero-order valence-electron chi connectivity index (χ0n) is 11.1. The molecule has 1 atom stereocenters. The molecule has 0 radical (unpaired) electrons. The molecule has 20 heavy (non-hydrogen) atoms. The highest BCUT2D eigenvalue weighted by molar-refractivity contribution is 9.08. The number of hydrogen-bond acceptors (Lipinski definition) is 4. The van der Waals surface area contributed by atoms with Crippen LogP contribution < -0.4 is 0 Å². The fourth-order valence-electron chi connectivity index (χ4n) is 1.83. The predicted octanol–water partition coefficient (Wildman–Crippen LogP) is 2.20. The number of aliphatic carboxylic acids is 1. The summed E-state index contributed by atoms with van der Waals surface area (Å²) in [7, 11) is 0. The molecule has 1 aromatic rings. The number of carbonyl (C=O) groups excluding carboxylic acids is 1. The van der Waals surface area contributed by atoms with Gasteiger partial charge in [0.2, 0.25) is 0 Å². The number of carbonyl (C=O) groups is 2. The van der Waals surface area contributed by atoms with Crippen molar-refractivity contribution in [1.29, 1.82) is 0 Å². The normalized spacial score (nSPS) is 11.9. The van der Waals surface area contributed by atoms with Crippen LogP contribution in [0.5, 0.6) is 0 Å². The number of esters is 1. The summed E-state index contributed by atoms with van der Waals surface area (Å²) in [6.07, 6.45) is -1.10. The number of carboxylic acid groups (broad SMARTS) is 1. The maximum Gasteiger partial charge on any atom is 0.337 e. The number of alkyl halides is 1. The Balaban J connectivity index is 2.94. The zero-order chi connectivity index (χ0) is 15.1. The molecule has 1 unspecified atom stereocenters. The molecular weight excluding hydrogens is 328 g/mol. The summed E-state index contributed by atoms with van der Waals surface area (Å²) in [6.45, 7) is 2.04. The van der Waals surface area contributed by atoms with Crippen molar-refractivity contribution in [3.8, 4) is 0 Å². The van der Waals surface area contributed by atoms with Gasteiger partial charge in [0.1, 0.15) is 0 Å². The van der Waals surface area contributed by atoms with Gasteiger partial charge in [0, 0.05) is 11.8 Å². The Kier molecular flexibility index (Phi) is 6.67. The fourth-order valence-corrected chi connectivity index (χ4v) is 2.18. The van der Waals surface area contributed by atoms with Crippen LogP contribution in [0.1, 0.15) is 36.1 Å². The van der Waals surface area contributed by atoms with Crippen molar-refractivity contribution in [1.82, 2.24) is 0 Å². The summed E-state index contributed by atoms with van der Waals surface area (Å²) in [4.78, 5) is 22.3. The smallest absolute Gasteiger partial charge is 0.337 e. The van der Waals surface area contributed by atoms with Crippen LogP contribution >= 0.6 is 15.9 Å². The van der Waals surface area contributed by atoms with Gasteiger partial charge in [-0.3, -0.25) is 4.79 Å². The first kappa shape index (κ1) is 16.7. The molecule has 1 aromatic carbocycles. The first-order chi connectivity index (χ1) is 9.49. The number of benzene rings is 1. The SMILES string of the molecule is CCOC(=O)CCc1cc(CBr)ccc1C(O)C(=O)O. The number of rotatable bonds is 7. The van der Waals surface area contributed by atoms with Crippen molar-refractivity contribution in [2.45, 2.75) is 31.2 Å². The van der Waals surface area contributed by atoms with Crippen molar-refractivity contribution in [2.75, 3.05) is 6.61 Å². The van der Waals surface area contributed by atoms with E-state index in [1.807, 2.05) is 0 Å². The van der Waals surface area contributed by atoms with Crippen molar-refractivity contribution in [3.63, 3.8) is 0 Å². The molecule has 0 aromatic heterocycles. The van der Waals surface area contributed by atoms with Gasteiger partial charge in [-0.1, -0.05) is 34.1 Å². The summed E-state index contributed by atoms with van der Waals surface area (Å²) >= 11 is 3.32. The molecule has 2 N–H and O–H groups in total. The van der Waals surface area contributed by atoms with Gasteiger partial charge in [0.25, 0.3) is 0 Å². The van der Waals surface area contributed by atoms with Crippen LogP contribution in [0, 0.1) is 0 Å². The summed E-state index contributed by atoms with van der Waals surface area (Å²) in [5, 5.41) is 19.2. The minimum atomic E-state index is -1.59. The third-order valence-electron chi connectivity index (χ3n) is 2.79. The van der Waals surface area contributed by atoms with Crippen molar-refractivity contribution in [2.24, 2.45) is 0 Å². The van der Waals surface area contributed by atoms with Crippen molar-refractivity contribution < 1.29 is 24.5 Å². The molecule has 6 heteroatoms. The minimum absolute atomic E-state index is 0.152. The fraction of sp³-hybridized carbons (Fsp3) is 0.429. The van der Waals surface area contributed by atoms with Crippen LogP contribution in [0.25, 0.3) is 0 Å². The molecule has 0 aliphatic rings. The monoisotopic (exact) mass is 344 g/mol. The quantitative estimate of drug-likeness (QED) is 0.585. The molecule has 0 spiro atoms. The van der Waals surface area contributed by atoms with E-state index in [1.54, 1.807) is 25.1 Å². The molecule has 0 aliphatic heterocycles. The Hall–Kier alpha value is -1.40. The molecule has 0 aliphatic carbocycles. The largest absolute Gasteiger partial charge is 0.479 e. The minimum Gasteiger partial charge on any atom is -0.479 e. The van der Waals surface area contributed by atoms with Crippen molar-refractivity contribution >= 4 is 27.9 Å². The second-order valence-corrected chi connectivity index (χ2v) is 4.77. The lowest BCUT2D eigenvalue weighted by atomic mass is 9.96. The Labute approximate surface area is 125 Å². The maximum absolute atomic E-state index is 11.4. The first-order valence-corrected chi connectivity index (χ1v) is 7.35. The highest BCUT2D eigenvalue weighted by Gasteiger charge is 2.20. The number of aryl methyl sites for hydroxylation is 1. The molecule has 1 rings (SSSR count). The standard InChI is InChI=1S/C14H17BrO5/c1-2-20-12(16)6-4-10-7-9(8-15)3-5-11(10)13(17)14(18)19/h3,5,7,13,17H,2,4,6,8H2,1H3,(H,18,19). The van der Waals surface area contributed by atoms with Gasteiger partial charge in [0.05, 0.1) is 6.61 Å². The Morgan fingerprint density at radius 3 is 2.65 bits per heavy atom. The van der Waals surface area contributed by atoms with Gasteiger partial charge >= 0.3 is 11.9 Å². The van der Waals surface area contributed by atoms with Crippen LogP contribution in [0.4, 0.5) is 0 Å². The van der Waals surface area contributed by atoms with Gasteiger partial charge in [-0.2, -0.15) is 0 Å². The molecule has 0 bridgehead atoms. The van der Waals surface area contributed by atoms with Gasteiger partial charge in [-0.25, -0.2) is 4.79 Å². The lowest BCUT2D eigenvalue weighted by Gasteiger charge is -2.13. The molecule has 0 heterocycles. The molecule has 0 fully saturated rings. The Morgan fingerprint density at radius 1 is 1.40 bits per heavy atom. The van der Waals surface area contributed by atoms with E-state index in [-0.39, 0.29) is 12.4 Å². The van der Waals surface area contributed by atoms with E-state index in [1.165, 1.54) is 0 Å². The summed E-state index contributed by atoms with van der Waals surface area (Å²) in [5.74, 6) is -1.65. The number of aliphatic hydroxyl groups is 1. The highest BCUT2D eigenvalue weighted by Crippen LogP contribution is 2.22. The number of aliphatic hydroxyl groups excluding tert-OH is 1. The van der Waals surface area contributed by atoms with Crippen LogP contribution in [-0.4, -0.2) is 28.8 Å². The van der Waals surface area contributed by atoms with Crippen molar-refractivity contribution in [3.05, 3.63) is 34.9 Å². The molecular formula is C14H17BrO5. The lowest BCUT2D eigenvalue weighted by Crippen LogP contribution is -2.14. The molecule has 0 saturated carbocycles. The average Bonchev–Trinajstić information content (AvgIpc) is 2.44. The van der Waals surface area contributed by atoms with Gasteiger partial charge in [-0.15, -0.1) is 0 Å². The Morgan fingerprint density at radius 2 is 2.10 bits per heavy atom. The van der Waals surface area contributed by atoms with Crippen LogP contribution in [-0.2, 0) is 26.1 Å². The van der Waals surface area contributed by atoms with Gasteiger partial charge in [0.15, 0.2) is 6.10 Å². The number of carboxylic acids is 1. The second kappa shape index (κ2) is 8.01. The molecule has 0 amide bonds. The zero-order valence-corrected chi connectivity index (χ0v) is 12.7. The summed E-state index contributed by atoms with van der Waals surface area (Å²) < 4.78 is 4.84. The van der Waals surface area contributed by atoms with E-state index < -0.39 is 12.1 Å². The third kappa shape index (κ3) is 4.61. The summed E-state index contributed by atoms with van der Waals surface area (Å²) in [6, 6.07) is 5.11. The number of ether oxygens (including phenoxy) is 1. The predicted molar refractivity (Wildman–Crippen MR) is 76.6 cm³/mol. The van der Waals surface area contributed by atoms with Crippen LogP contribution in [0.3, 0.4) is 0 Å².